The van der Waals surface area contributed by atoms with Gasteiger partial charge in [0.1, 0.15) is 0 Å². The molecule has 15 heavy (non-hydrogen) atoms. The Bertz CT molecular complexity index is 396. The lowest BCUT2D eigenvalue weighted by molar-refractivity contribution is -0.387. The highest BCUT2D eigenvalue weighted by molar-refractivity contribution is 5.53. The molecule has 0 bridgehead atoms. The third-order valence-electron chi connectivity index (χ3n) is 1.81. The molecule has 0 aliphatic heterocycles. The Kier molecular flexibility index (Phi) is 3.13. The van der Waals surface area contributed by atoms with Gasteiger partial charge in [0.15, 0.2) is 5.69 Å². The number of alkyl halides is 2. The van der Waals surface area contributed by atoms with Crippen molar-refractivity contribution in [3.63, 3.8) is 0 Å². The van der Waals surface area contributed by atoms with Gasteiger partial charge in [0.2, 0.25) is 5.75 Å². The Balaban J connectivity index is 3.49. The third kappa shape index (κ3) is 2.00. The van der Waals surface area contributed by atoms with E-state index in [-0.39, 0.29) is 5.75 Å². The van der Waals surface area contributed by atoms with Crippen LogP contribution in [0.4, 0.5) is 14.5 Å². The first kappa shape index (κ1) is 11.3. The van der Waals surface area contributed by atoms with Crippen LogP contribution in [0.15, 0.2) is 6.20 Å². The summed E-state index contributed by atoms with van der Waals surface area (Å²) in [5.41, 5.74) is -1.30. The summed E-state index contributed by atoms with van der Waals surface area (Å²) >= 11 is 0. The second kappa shape index (κ2) is 4.16. The topological polar surface area (TPSA) is 65.3 Å². The quantitative estimate of drug-likeness (QED) is 0.576. The van der Waals surface area contributed by atoms with Gasteiger partial charge in [-0.2, -0.15) is 0 Å². The second-order valence-corrected chi connectivity index (χ2v) is 2.77. The predicted molar refractivity (Wildman–Crippen MR) is 47.1 cm³/mol. The van der Waals surface area contributed by atoms with Crippen LogP contribution in [0.25, 0.3) is 0 Å². The smallest absolute Gasteiger partial charge is 0.338 e. The maximum absolute atomic E-state index is 12.4. The normalized spacial score (nSPS) is 10.5. The first-order valence-electron chi connectivity index (χ1n) is 3.95. The number of hydrogen-bond donors (Lipinski definition) is 0. The Hall–Kier alpha value is -1.79. The van der Waals surface area contributed by atoms with E-state index >= 15 is 0 Å². The molecule has 1 heterocycles. The van der Waals surface area contributed by atoms with Gasteiger partial charge in [0, 0.05) is 11.8 Å². The van der Waals surface area contributed by atoms with Crippen molar-refractivity contribution >= 4 is 5.69 Å². The standard InChI is InChI=1S/C8H8F2N2O3/c1-4-3-11-5(8(9)10)6(12(13)14)7(4)15-2/h3,8H,1-2H3. The lowest BCUT2D eigenvalue weighted by Gasteiger charge is -2.07. The van der Waals surface area contributed by atoms with Crippen molar-refractivity contribution < 1.29 is 18.4 Å². The number of ether oxygens (including phenoxy) is 1. The van der Waals surface area contributed by atoms with Crippen LogP contribution in [-0.4, -0.2) is 17.0 Å². The van der Waals surface area contributed by atoms with Crippen molar-refractivity contribution in [2.24, 2.45) is 0 Å². The molecule has 0 aromatic carbocycles. The molecule has 0 unspecified atom stereocenters. The first-order valence-corrected chi connectivity index (χ1v) is 3.95. The van der Waals surface area contributed by atoms with Gasteiger partial charge in [-0.05, 0) is 6.92 Å². The van der Waals surface area contributed by atoms with Crippen molar-refractivity contribution in [1.29, 1.82) is 0 Å². The molecule has 1 rings (SSSR count). The van der Waals surface area contributed by atoms with Crippen LogP contribution in [0.2, 0.25) is 0 Å². The average Bonchev–Trinajstić information content (AvgIpc) is 2.16. The second-order valence-electron chi connectivity index (χ2n) is 2.77. The maximum atomic E-state index is 12.4. The van der Waals surface area contributed by atoms with Crippen LogP contribution >= 0.6 is 0 Å². The van der Waals surface area contributed by atoms with E-state index in [1.165, 1.54) is 14.0 Å². The molecule has 82 valence electrons. The minimum absolute atomic E-state index is 0.176. The molecular formula is C8H8F2N2O3. The van der Waals surface area contributed by atoms with Crippen molar-refractivity contribution in [1.82, 2.24) is 4.98 Å². The molecule has 1 aromatic rings. The average molecular weight is 218 g/mol. The molecule has 0 fully saturated rings. The molecule has 0 saturated heterocycles. The van der Waals surface area contributed by atoms with E-state index in [9.17, 15) is 18.9 Å². The number of halogens is 2. The molecule has 0 amide bonds. The number of pyridine rings is 1. The number of nitrogens with zero attached hydrogens (tertiary/aromatic N) is 2. The molecule has 0 aliphatic carbocycles. The van der Waals surface area contributed by atoms with E-state index in [0.717, 1.165) is 6.20 Å². The van der Waals surface area contributed by atoms with E-state index in [4.69, 9.17) is 4.74 Å². The fourth-order valence-electron chi connectivity index (χ4n) is 1.18. The zero-order valence-corrected chi connectivity index (χ0v) is 8.03. The van der Waals surface area contributed by atoms with Crippen molar-refractivity contribution in [2.45, 2.75) is 13.3 Å². The molecule has 1 aromatic heterocycles. The molecule has 0 saturated carbocycles. The highest BCUT2D eigenvalue weighted by Crippen LogP contribution is 2.36. The van der Waals surface area contributed by atoms with E-state index in [1.54, 1.807) is 0 Å². The number of nitro groups is 1. The Morgan fingerprint density at radius 1 is 1.60 bits per heavy atom. The minimum Gasteiger partial charge on any atom is -0.490 e. The van der Waals surface area contributed by atoms with E-state index < -0.39 is 22.7 Å². The molecule has 0 atom stereocenters. The van der Waals surface area contributed by atoms with Crippen LogP contribution in [0, 0.1) is 17.0 Å². The summed E-state index contributed by atoms with van der Waals surface area (Å²) in [7, 11) is 1.19. The van der Waals surface area contributed by atoms with Crippen LogP contribution < -0.4 is 4.74 Å². The minimum atomic E-state index is -3.00. The van der Waals surface area contributed by atoms with Crippen LogP contribution in [-0.2, 0) is 0 Å². The number of aryl methyl sites for hydroxylation is 1. The summed E-state index contributed by atoms with van der Waals surface area (Å²) in [5.74, 6) is -0.176. The van der Waals surface area contributed by atoms with Crippen molar-refractivity contribution in [3.8, 4) is 5.75 Å². The lowest BCUT2D eigenvalue weighted by Crippen LogP contribution is -2.03. The van der Waals surface area contributed by atoms with Gasteiger partial charge >= 0.3 is 5.69 Å². The molecule has 0 aliphatic rings. The SMILES string of the molecule is COc1c(C)cnc(C(F)F)c1[N+](=O)[O-]. The van der Waals surface area contributed by atoms with Crippen LogP contribution in [0.1, 0.15) is 17.7 Å². The summed E-state index contributed by atoms with van der Waals surface area (Å²) in [4.78, 5) is 13.0. The monoisotopic (exact) mass is 218 g/mol. The van der Waals surface area contributed by atoms with Gasteiger partial charge < -0.3 is 4.74 Å². The van der Waals surface area contributed by atoms with Gasteiger partial charge in [-0.25, -0.2) is 13.8 Å². The number of methoxy groups -OCH3 is 1. The molecule has 5 nitrogen and oxygen atoms in total. The van der Waals surface area contributed by atoms with Gasteiger partial charge in [0.25, 0.3) is 6.43 Å². The Labute approximate surface area is 83.8 Å². The largest absolute Gasteiger partial charge is 0.490 e. The Morgan fingerprint density at radius 3 is 2.60 bits per heavy atom. The maximum Gasteiger partial charge on any atom is 0.338 e. The summed E-state index contributed by atoms with van der Waals surface area (Å²) in [6, 6.07) is 0. The molecule has 0 radical (unpaired) electrons. The number of rotatable bonds is 3. The Morgan fingerprint density at radius 2 is 2.20 bits per heavy atom. The highest BCUT2D eigenvalue weighted by atomic mass is 19.3. The van der Waals surface area contributed by atoms with E-state index in [0.29, 0.717) is 5.56 Å². The van der Waals surface area contributed by atoms with E-state index in [1.807, 2.05) is 0 Å². The predicted octanol–water partition coefficient (Wildman–Crippen LogP) is 2.24. The molecule has 0 N–H and O–H groups in total. The van der Waals surface area contributed by atoms with Gasteiger partial charge in [-0.1, -0.05) is 0 Å². The van der Waals surface area contributed by atoms with E-state index in [2.05, 4.69) is 4.98 Å². The third-order valence-corrected chi connectivity index (χ3v) is 1.81. The van der Waals surface area contributed by atoms with Crippen molar-refractivity contribution in [3.05, 3.63) is 27.6 Å². The fraction of sp³-hybridized carbons (Fsp3) is 0.375. The van der Waals surface area contributed by atoms with Crippen molar-refractivity contribution in [2.75, 3.05) is 7.11 Å². The molecule has 0 spiro atoms. The van der Waals surface area contributed by atoms with Gasteiger partial charge in [-0.3, -0.25) is 10.1 Å². The number of aromatic nitrogens is 1. The zero-order chi connectivity index (χ0) is 11.6. The summed E-state index contributed by atoms with van der Waals surface area (Å²) in [6.45, 7) is 1.49. The first-order chi connectivity index (χ1) is 6.99. The molecule has 7 heteroatoms. The molecular weight excluding hydrogens is 210 g/mol. The summed E-state index contributed by atoms with van der Waals surface area (Å²) in [6.07, 6.45) is -1.88. The highest BCUT2D eigenvalue weighted by Gasteiger charge is 2.29. The fourth-order valence-corrected chi connectivity index (χ4v) is 1.18. The van der Waals surface area contributed by atoms with Gasteiger partial charge in [0.05, 0.1) is 12.0 Å². The van der Waals surface area contributed by atoms with Gasteiger partial charge in [-0.15, -0.1) is 0 Å². The lowest BCUT2D eigenvalue weighted by atomic mass is 10.2. The summed E-state index contributed by atoms with van der Waals surface area (Å²) < 4.78 is 29.5. The van der Waals surface area contributed by atoms with Crippen LogP contribution in [0.5, 0.6) is 5.75 Å². The zero-order valence-electron chi connectivity index (χ0n) is 8.03. The summed E-state index contributed by atoms with van der Waals surface area (Å²) in [5, 5.41) is 10.6. The number of hydrogen-bond acceptors (Lipinski definition) is 4. The van der Waals surface area contributed by atoms with Crippen LogP contribution in [0.3, 0.4) is 0 Å².